The maximum Gasteiger partial charge on any atom is 0.191 e. The number of aromatic nitrogens is 2. The van der Waals surface area contributed by atoms with E-state index in [-0.39, 0.29) is 30.0 Å². The molecule has 0 amide bonds. The molecule has 2 aromatic rings. The molecule has 7 heteroatoms. The normalized spacial score (nSPS) is 12.6. The van der Waals surface area contributed by atoms with Gasteiger partial charge in [0.1, 0.15) is 0 Å². The number of nitrogens with one attached hydrogen (secondary N) is 2. The van der Waals surface area contributed by atoms with Crippen molar-refractivity contribution in [2.75, 3.05) is 27.2 Å². The molecule has 1 unspecified atom stereocenters. The number of aliphatic imine (C=N–C) groups is 1. The first kappa shape index (κ1) is 22.4. The van der Waals surface area contributed by atoms with E-state index in [1.807, 2.05) is 17.8 Å². The second-order valence-electron chi connectivity index (χ2n) is 6.41. The van der Waals surface area contributed by atoms with E-state index in [0.29, 0.717) is 6.54 Å². The Morgan fingerprint density at radius 3 is 2.42 bits per heavy atom. The lowest BCUT2D eigenvalue weighted by Gasteiger charge is -2.26. The molecule has 144 valence electrons. The Morgan fingerprint density at radius 2 is 1.88 bits per heavy atom. The number of guanidine groups is 1. The second-order valence-corrected chi connectivity index (χ2v) is 6.41. The summed E-state index contributed by atoms with van der Waals surface area (Å²) < 4.78 is 1.85. The smallest absolute Gasteiger partial charge is 0.191 e. The van der Waals surface area contributed by atoms with Gasteiger partial charge in [-0.3, -0.25) is 4.68 Å². The molecule has 0 saturated heterocycles. The van der Waals surface area contributed by atoms with Gasteiger partial charge in [-0.25, -0.2) is 4.99 Å². The molecule has 1 atom stereocenters. The van der Waals surface area contributed by atoms with E-state index in [1.165, 1.54) is 11.1 Å². The number of hydrogen-bond acceptors (Lipinski definition) is 3. The number of benzene rings is 1. The standard InChI is InChI=1S/C19H30N6.HI/c1-6-20-19(21-13-17-11-12-23-25(17)5)22-14-18(24(3)4)16-9-7-15(2)8-10-16;/h7-12,18H,6,13-14H2,1-5H3,(H2,20,21,22);1H. The van der Waals surface area contributed by atoms with Crippen molar-refractivity contribution in [3.63, 3.8) is 0 Å². The van der Waals surface area contributed by atoms with Gasteiger partial charge in [-0.1, -0.05) is 29.8 Å². The van der Waals surface area contributed by atoms with E-state index in [1.54, 1.807) is 6.20 Å². The van der Waals surface area contributed by atoms with Gasteiger partial charge in [0.25, 0.3) is 0 Å². The lowest BCUT2D eigenvalue weighted by Crippen LogP contribution is -2.41. The fourth-order valence-electron chi connectivity index (χ4n) is 2.64. The Balaban J connectivity index is 0.00000338. The van der Waals surface area contributed by atoms with Crippen molar-refractivity contribution in [2.45, 2.75) is 26.4 Å². The van der Waals surface area contributed by atoms with Gasteiger partial charge in [0.05, 0.1) is 18.3 Å². The molecule has 1 heterocycles. The average Bonchev–Trinajstić information content (AvgIpc) is 2.99. The Bertz CT molecular complexity index is 678. The molecule has 1 aromatic carbocycles. The van der Waals surface area contributed by atoms with E-state index < -0.39 is 0 Å². The van der Waals surface area contributed by atoms with E-state index in [2.05, 4.69) is 77.8 Å². The van der Waals surface area contributed by atoms with Crippen LogP contribution in [-0.4, -0.2) is 47.8 Å². The van der Waals surface area contributed by atoms with E-state index in [4.69, 9.17) is 0 Å². The highest BCUT2D eigenvalue weighted by atomic mass is 127. The summed E-state index contributed by atoms with van der Waals surface area (Å²) in [5, 5.41) is 11.0. The number of nitrogens with zero attached hydrogens (tertiary/aromatic N) is 4. The van der Waals surface area contributed by atoms with Crippen molar-refractivity contribution in [2.24, 2.45) is 12.0 Å². The molecule has 0 bridgehead atoms. The lowest BCUT2D eigenvalue weighted by molar-refractivity contribution is 0.298. The predicted molar refractivity (Wildman–Crippen MR) is 119 cm³/mol. The topological polar surface area (TPSA) is 57.5 Å². The molecule has 0 aliphatic heterocycles. The summed E-state index contributed by atoms with van der Waals surface area (Å²) in [7, 11) is 6.14. The monoisotopic (exact) mass is 470 g/mol. The number of likely N-dealkylation sites (N-methyl/N-ethyl adjacent to an activating group) is 1. The third-order valence-corrected chi connectivity index (χ3v) is 4.21. The van der Waals surface area contributed by atoms with Crippen LogP contribution < -0.4 is 10.6 Å². The molecule has 2 rings (SSSR count). The average molecular weight is 470 g/mol. The van der Waals surface area contributed by atoms with Gasteiger partial charge in [0.2, 0.25) is 0 Å². The minimum Gasteiger partial charge on any atom is -0.357 e. The zero-order valence-corrected chi connectivity index (χ0v) is 18.7. The maximum atomic E-state index is 4.67. The molecule has 1 aromatic heterocycles. The van der Waals surface area contributed by atoms with Gasteiger partial charge < -0.3 is 15.5 Å². The van der Waals surface area contributed by atoms with E-state index in [9.17, 15) is 0 Å². The number of halogens is 1. The van der Waals surface area contributed by atoms with Crippen LogP contribution in [0.5, 0.6) is 0 Å². The largest absolute Gasteiger partial charge is 0.357 e. The number of rotatable bonds is 7. The van der Waals surface area contributed by atoms with Gasteiger partial charge >= 0.3 is 0 Å². The maximum absolute atomic E-state index is 4.67. The van der Waals surface area contributed by atoms with Gasteiger partial charge in [0, 0.05) is 26.3 Å². The van der Waals surface area contributed by atoms with Gasteiger partial charge in [0.15, 0.2) is 5.96 Å². The van der Waals surface area contributed by atoms with E-state index >= 15 is 0 Å². The van der Waals surface area contributed by atoms with Crippen LogP contribution in [0.1, 0.15) is 29.8 Å². The van der Waals surface area contributed by atoms with Crippen molar-refractivity contribution in [1.82, 2.24) is 25.3 Å². The zero-order chi connectivity index (χ0) is 18.2. The van der Waals surface area contributed by atoms with Crippen LogP contribution in [0.15, 0.2) is 41.5 Å². The molecule has 0 aliphatic carbocycles. The second kappa shape index (κ2) is 11.2. The molecule has 26 heavy (non-hydrogen) atoms. The minimum atomic E-state index is 0. The predicted octanol–water partition coefficient (Wildman–Crippen LogP) is 2.70. The van der Waals surface area contributed by atoms with Crippen LogP contribution in [0.4, 0.5) is 0 Å². The summed E-state index contributed by atoms with van der Waals surface area (Å²) in [5.74, 6) is 0.822. The minimum absolute atomic E-state index is 0. The van der Waals surface area contributed by atoms with E-state index in [0.717, 1.165) is 24.7 Å². The zero-order valence-electron chi connectivity index (χ0n) is 16.4. The number of hydrogen-bond donors (Lipinski definition) is 2. The van der Waals surface area contributed by atoms with Crippen molar-refractivity contribution in [3.05, 3.63) is 53.3 Å². The Labute approximate surface area is 174 Å². The summed E-state index contributed by atoms with van der Waals surface area (Å²) in [5.41, 5.74) is 3.66. The van der Waals surface area contributed by atoms with Crippen LogP contribution in [0, 0.1) is 6.92 Å². The van der Waals surface area contributed by atoms with Crippen LogP contribution >= 0.6 is 24.0 Å². The van der Waals surface area contributed by atoms with Crippen LogP contribution in [0.25, 0.3) is 0 Å². The fraction of sp³-hybridized carbons (Fsp3) is 0.474. The van der Waals surface area contributed by atoms with Crippen molar-refractivity contribution < 1.29 is 0 Å². The Kier molecular flexibility index (Phi) is 9.64. The third kappa shape index (κ3) is 6.60. The third-order valence-electron chi connectivity index (χ3n) is 4.21. The molecular weight excluding hydrogens is 439 g/mol. The summed E-state index contributed by atoms with van der Waals surface area (Å²) in [6.07, 6.45) is 1.80. The Morgan fingerprint density at radius 1 is 1.19 bits per heavy atom. The molecule has 0 spiro atoms. The van der Waals surface area contributed by atoms with Crippen LogP contribution in [0.3, 0.4) is 0 Å². The highest BCUT2D eigenvalue weighted by Crippen LogP contribution is 2.17. The first-order chi connectivity index (χ1) is 12.0. The van der Waals surface area contributed by atoms with Gasteiger partial charge in [-0.2, -0.15) is 5.10 Å². The van der Waals surface area contributed by atoms with Crippen molar-refractivity contribution in [1.29, 1.82) is 0 Å². The van der Waals surface area contributed by atoms with Gasteiger partial charge in [-0.15, -0.1) is 24.0 Å². The molecule has 6 nitrogen and oxygen atoms in total. The summed E-state index contributed by atoms with van der Waals surface area (Å²) in [4.78, 5) is 6.90. The lowest BCUT2D eigenvalue weighted by atomic mass is 10.0. The highest BCUT2D eigenvalue weighted by Gasteiger charge is 2.14. The molecular formula is C19H31IN6. The van der Waals surface area contributed by atoms with Gasteiger partial charge in [-0.05, 0) is 39.6 Å². The quantitative estimate of drug-likeness (QED) is 0.371. The molecule has 0 fully saturated rings. The Hall–Kier alpha value is -1.61. The molecule has 0 saturated carbocycles. The summed E-state index contributed by atoms with van der Waals surface area (Å²) in [6, 6.07) is 11.0. The molecule has 0 aliphatic rings. The van der Waals surface area contributed by atoms with Crippen molar-refractivity contribution in [3.8, 4) is 0 Å². The SMILES string of the molecule is CCNC(=NCc1ccnn1C)NCC(c1ccc(C)cc1)N(C)C.I. The van der Waals surface area contributed by atoms with Crippen LogP contribution in [0.2, 0.25) is 0 Å². The first-order valence-corrected chi connectivity index (χ1v) is 8.73. The summed E-state index contributed by atoms with van der Waals surface area (Å²) >= 11 is 0. The first-order valence-electron chi connectivity index (χ1n) is 8.73. The fourth-order valence-corrected chi connectivity index (χ4v) is 2.64. The molecule has 0 radical (unpaired) electrons. The van der Waals surface area contributed by atoms with Crippen LogP contribution in [-0.2, 0) is 13.6 Å². The summed E-state index contributed by atoms with van der Waals surface area (Å²) in [6.45, 7) is 6.40. The highest BCUT2D eigenvalue weighted by molar-refractivity contribution is 14.0. The van der Waals surface area contributed by atoms with Crippen molar-refractivity contribution >= 4 is 29.9 Å². The number of aryl methyl sites for hydroxylation is 2. The molecule has 2 N–H and O–H groups in total.